The molecule has 0 spiro atoms. The number of Topliss-reactive ketones (excluding diaryl/α,β-unsaturated/α-hetero) is 1. The number of ketones is 1. The number of hydrogen-bond donors (Lipinski definition) is 0. The summed E-state index contributed by atoms with van der Waals surface area (Å²) in [7, 11) is 0. The molecule has 0 aliphatic rings. The summed E-state index contributed by atoms with van der Waals surface area (Å²) in [4.78, 5) is 11.3. The lowest BCUT2D eigenvalue weighted by molar-refractivity contribution is -0.0468. The van der Waals surface area contributed by atoms with Gasteiger partial charge in [-0.15, -0.1) is 0 Å². The number of alkyl halides is 2. The van der Waals surface area contributed by atoms with E-state index < -0.39 is 12.5 Å². The van der Waals surface area contributed by atoms with Gasteiger partial charge in [0.15, 0.2) is 12.4 Å². The standard InChI is InChI=1S/C17H16F2O2/c1-12-10-14(13(2)20)8-9-16(12)21-11-17(18,19)15-6-4-3-5-7-15/h3-10H,11H2,1-2H3. The van der Waals surface area contributed by atoms with Crippen LogP contribution in [0.2, 0.25) is 0 Å². The van der Waals surface area contributed by atoms with Crippen LogP contribution in [-0.2, 0) is 5.92 Å². The summed E-state index contributed by atoms with van der Waals surface area (Å²) in [6.07, 6.45) is 0. The van der Waals surface area contributed by atoms with Gasteiger partial charge in [0, 0.05) is 11.1 Å². The van der Waals surface area contributed by atoms with Crippen molar-refractivity contribution in [3.63, 3.8) is 0 Å². The van der Waals surface area contributed by atoms with Crippen LogP contribution in [0.1, 0.15) is 28.4 Å². The van der Waals surface area contributed by atoms with E-state index in [1.807, 2.05) is 0 Å². The Morgan fingerprint density at radius 3 is 2.38 bits per heavy atom. The van der Waals surface area contributed by atoms with Crippen molar-refractivity contribution >= 4 is 5.78 Å². The van der Waals surface area contributed by atoms with Crippen LogP contribution in [0.25, 0.3) is 0 Å². The normalized spacial score (nSPS) is 11.2. The fourth-order valence-electron chi connectivity index (χ4n) is 1.96. The third-order valence-corrected chi connectivity index (χ3v) is 3.19. The maximum absolute atomic E-state index is 14.0. The van der Waals surface area contributed by atoms with Crippen LogP contribution in [0.5, 0.6) is 5.75 Å². The second kappa shape index (κ2) is 6.04. The lowest BCUT2D eigenvalue weighted by Gasteiger charge is -2.18. The smallest absolute Gasteiger partial charge is 0.306 e. The molecule has 2 nitrogen and oxygen atoms in total. The van der Waals surface area contributed by atoms with Crippen molar-refractivity contribution in [3.8, 4) is 5.75 Å². The molecule has 0 heterocycles. The fourth-order valence-corrected chi connectivity index (χ4v) is 1.96. The molecule has 21 heavy (non-hydrogen) atoms. The van der Waals surface area contributed by atoms with Crippen LogP contribution in [-0.4, -0.2) is 12.4 Å². The predicted octanol–water partition coefficient (Wildman–Crippen LogP) is 4.37. The highest BCUT2D eigenvalue weighted by atomic mass is 19.3. The molecule has 0 aliphatic heterocycles. The molecular weight excluding hydrogens is 274 g/mol. The van der Waals surface area contributed by atoms with Gasteiger partial charge in [-0.05, 0) is 37.6 Å². The Morgan fingerprint density at radius 1 is 1.14 bits per heavy atom. The Morgan fingerprint density at radius 2 is 1.81 bits per heavy atom. The molecule has 0 bridgehead atoms. The molecule has 0 saturated heterocycles. The summed E-state index contributed by atoms with van der Waals surface area (Å²) < 4.78 is 33.2. The number of ether oxygens (including phenoxy) is 1. The Hall–Kier alpha value is -2.23. The second-order valence-electron chi connectivity index (χ2n) is 4.90. The number of halogens is 2. The van der Waals surface area contributed by atoms with E-state index in [1.165, 1.54) is 19.1 Å². The summed E-state index contributed by atoms with van der Waals surface area (Å²) in [6.45, 7) is 2.44. The van der Waals surface area contributed by atoms with Gasteiger partial charge in [0.2, 0.25) is 0 Å². The van der Waals surface area contributed by atoms with Gasteiger partial charge >= 0.3 is 5.92 Å². The molecule has 0 aliphatic carbocycles. The van der Waals surface area contributed by atoms with E-state index in [2.05, 4.69) is 0 Å². The number of carbonyl (C=O) groups is 1. The molecule has 0 amide bonds. The Kier molecular flexibility index (Phi) is 4.36. The Bertz CT molecular complexity index is 636. The first-order valence-electron chi connectivity index (χ1n) is 6.58. The summed E-state index contributed by atoms with van der Waals surface area (Å²) in [5.74, 6) is -2.78. The van der Waals surface area contributed by atoms with E-state index in [-0.39, 0.29) is 11.3 Å². The van der Waals surface area contributed by atoms with Gasteiger partial charge in [-0.1, -0.05) is 30.3 Å². The summed E-state index contributed by atoms with van der Waals surface area (Å²) >= 11 is 0. The zero-order chi connectivity index (χ0) is 15.5. The van der Waals surface area contributed by atoms with Gasteiger partial charge in [0.1, 0.15) is 5.75 Å². The lowest BCUT2D eigenvalue weighted by atomic mass is 10.1. The molecule has 0 saturated carbocycles. The fraction of sp³-hybridized carbons (Fsp3) is 0.235. The molecule has 110 valence electrons. The largest absolute Gasteiger partial charge is 0.487 e. The first kappa shape index (κ1) is 15.2. The number of rotatable bonds is 5. The highest BCUT2D eigenvalue weighted by Crippen LogP contribution is 2.29. The number of benzene rings is 2. The number of carbonyl (C=O) groups excluding carboxylic acids is 1. The summed E-state index contributed by atoms with van der Waals surface area (Å²) in [5, 5.41) is 0. The third-order valence-electron chi connectivity index (χ3n) is 3.19. The van der Waals surface area contributed by atoms with Gasteiger partial charge in [0.25, 0.3) is 0 Å². The quantitative estimate of drug-likeness (QED) is 0.764. The van der Waals surface area contributed by atoms with Crippen LogP contribution >= 0.6 is 0 Å². The average Bonchev–Trinajstić information content (AvgIpc) is 2.46. The van der Waals surface area contributed by atoms with Crippen molar-refractivity contribution in [2.24, 2.45) is 0 Å². The van der Waals surface area contributed by atoms with E-state index in [9.17, 15) is 13.6 Å². The highest BCUT2D eigenvalue weighted by molar-refractivity contribution is 5.94. The average molecular weight is 290 g/mol. The minimum atomic E-state index is -3.06. The van der Waals surface area contributed by atoms with E-state index in [0.717, 1.165) is 0 Å². The molecule has 2 aromatic carbocycles. The highest BCUT2D eigenvalue weighted by Gasteiger charge is 2.32. The van der Waals surface area contributed by atoms with Crippen molar-refractivity contribution in [1.82, 2.24) is 0 Å². The van der Waals surface area contributed by atoms with E-state index >= 15 is 0 Å². The monoisotopic (exact) mass is 290 g/mol. The predicted molar refractivity (Wildman–Crippen MR) is 77.0 cm³/mol. The SMILES string of the molecule is CC(=O)c1ccc(OCC(F)(F)c2ccccc2)c(C)c1. The molecule has 4 heteroatoms. The minimum Gasteiger partial charge on any atom is -0.487 e. The molecule has 0 fully saturated rings. The topological polar surface area (TPSA) is 26.3 Å². The van der Waals surface area contributed by atoms with Crippen LogP contribution in [0.4, 0.5) is 8.78 Å². The van der Waals surface area contributed by atoms with E-state index in [4.69, 9.17) is 4.74 Å². The molecule has 2 aromatic rings. The zero-order valence-corrected chi connectivity index (χ0v) is 11.9. The van der Waals surface area contributed by atoms with Crippen molar-refractivity contribution < 1.29 is 18.3 Å². The van der Waals surface area contributed by atoms with Crippen LogP contribution in [0, 0.1) is 6.92 Å². The van der Waals surface area contributed by atoms with Crippen LogP contribution < -0.4 is 4.74 Å². The van der Waals surface area contributed by atoms with Crippen molar-refractivity contribution in [2.75, 3.05) is 6.61 Å². The van der Waals surface area contributed by atoms with E-state index in [0.29, 0.717) is 16.9 Å². The van der Waals surface area contributed by atoms with Gasteiger partial charge < -0.3 is 4.74 Å². The second-order valence-corrected chi connectivity index (χ2v) is 4.90. The molecule has 0 N–H and O–H groups in total. The van der Waals surface area contributed by atoms with Gasteiger partial charge in [-0.25, -0.2) is 0 Å². The Balaban J connectivity index is 2.11. The number of aryl methyl sites for hydroxylation is 1. The lowest BCUT2D eigenvalue weighted by Crippen LogP contribution is -2.23. The first-order valence-corrected chi connectivity index (χ1v) is 6.58. The molecule has 0 unspecified atom stereocenters. The number of hydrogen-bond acceptors (Lipinski definition) is 2. The van der Waals surface area contributed by atoms with Crippen LogP contribution in [0.15, 0.2) is 48.5 Å². The summed E-state index contributed by atoms with van der Waals surface area (Å²) in [6, 6.07) is 12.3. The van der Waals surface area contributed by atoms with Gasteiger partial charge in [0.05, 0.1) is 0 Å². The van der Waals surface area contributed by atoms with Crippen molar-refractivity contribution in [3.05, 3.63) is 65.2 Å². The Labute approximate surface area is 122 Å². The first-order chi connectivity index (χ1) is 9.90. The molecule has 0 radical (unpaired) electrons. The molecule has 0 atom stereocenters. The molecule has 0 aromatic heterocycles. The maximum Gasteiger partial charge on any atom is 0.306 e. The van der Waals surface area contributed by atoms with Crippen molar-refractivity contribution in [2.45, 2.75) is 19.8 Å². The summed E-state index contributed by atoms with van der Waals surface area (Å²) in [5.41, 5.74) is 1.12. The van der Waals surface area contributed by atoms with Gasteiger partial charge in [-0.2, -0.15) is 8.78 Å². The minimum absolute atomic E-state index is 0.0701. The van der Waals surface area contributed by atoms with E-state index in [1.54, 1.807) is 43.3 Å². The molecular formula is C17H16F2O2. The third kappa shape index (κ3) is 3.66. The molecule has 2 rings (SSSR count). The van der Waals surface area contributed by atoms with Crippen molar-refractivity contribution in [1.29, 1.82) is 0 Å². The van der Waals surface area contributed by atoms with Crippen LogP contribution in [0.3, 0.4) is 0 Å². The zero-order valence-electron chi connectivity index (χ0n) is 11.9. The maximum atomic E-state index is 14.0. The van der Waals surface area contributed by atoms with Gasteiger partial charge in [-0.3, -0.25) is 4.79 Å².